The van der Waals surface area contributed by atoms with E-state index in [0.29, 0.717) is 18.6 Å². The molecular weight excluding hydrogens is 208 g/mol. The summed E-state index contributed by atoms with van der Waals surface area (Å²) in [6.45, 7) is 1.99. The molecule has 0 saturated carbocycles. The third-order valence-corrected chi connectivity index (χ3v) is 2.96. The van der Waals surface area contributed by atoms with Gasteiger partial charge in [-0.3, -0.25) is 9.59 Å². The standard InChI is InChI=1S/C12H18O4/c1-4-5-12(11(14)16-3)7-9(13)6-10(8-12)15-2/h6H,4-5,7-8H2,1-3H3. The Balaban J connectivity index is 2.99. The van der Waals surface area contributed by atoms with Crippen LogP contribution in [0.15, 0.2) is 11.8 Å². The minimum Gasteiger partial charge on any atom is -0.501 e. The van der Waals surface area contributed by atoms with Crippen LogP contribution in [-0.4, -0.2) is 26.0 Å². The molecule has 90 valence electrons. The SMILES string of the molecule is CCCC1(C(=O)OC)CC(=O)C=C(OC)C1. The molecule has 0 saturated heterocycles. The fraction of sp³-hybridized carbons (Fsp3) is 0.667. The van der Waals surface area contributed by atoms with Gasteiger partial charge in [0.15, 0.2) is 5.78 Å². The molecule has 0 aromatic carbocycles. The molecule has 0 aliphatic heterocycles. The first-order chi connectivity index (χ1) is 7.57. The van der Waals surface area contributed by atoms with Crippen LogP contribution in [0.5, 0.6) is 0 Å². The molecule has 0 aromatic heterocycles. The Morgan fingerprint density at radius 1 is 1.44 bits per heavy atom. The van der Waals surface area contributed by atoms with E-state index in [9.17, 15) is 9.59 Å². The highest BCUT2D eigenvalue weighted by Crippen LogP contribution is 2.40. The van der Waals surface area contributed by atoms with Crippen LogP contribution in [0.2, 0.25) is 0 Å². The normalized spacial score (nSPS) is 24.9. The minimum atomic E-state index is -0.722. The lowest BCUT2D eigenvalue weighted by molar-refractivity contribution is -0.156. The van der Waals surface area contributed by atoms with E-state index in [1.165, 1.54) is 20.3 Å². The molecule has 0 N–H and O–H groups in total. The summed E-state index contributed by atoms with van der Waals surface area (Å²) in [5.74, 6) is 0.183. The molecule has 1 unspecified atom stereocenters. The topological polar surface area (TPSA) is 52.6 Å². The van der Waals surface area contributed by atoms with Gasteiger partial charge >= 0.3 is 5.97 Å². The quantitative estimate of drug-likeness (QED) is 0.686. The number of carbonyl (C=O) groups excluding carboxylic acids is 2. The molecule has 4 nitrogen and oxygen atoms in total. The molecular formula is C12H18O4. The Bertz CT molecular complexity index is 319. The average Bonchev–Trinajstić information content (AvgIpc) is 2.27. The number of methoxy groups -OCH3 is 2. The third kappa shape index (κ3) is 2.43. The fourth-order valence-electron chi connectivity index (χ4n) is 2.26. The van der Waals surface area contributed by atoms with E-state index >= 15 is 0 Å². The monoisotopic (exact) mass is 226 g/mol. The molecule has 0 amide bonds. The van der Waals surface area contributed by atoms with Crippen molar-refractivity contribution >= 4 is 11.8 Å². The summed E-state index contributed by atoms with van der Waals surface area (Å²) < 4.78 is 9.90. The molecule has 0 fully saturated rings. The van der Waals surface area contributed by atoms with Gasteiger partial charge in [0.25, 0.3) is 0 Å². The van der Waals surface area contributed by atoms with E-state index in [2.05, 4.69) is 0 Å². The number of hydrogen-bond acceptors (Lipinski definition) is 4. The molecule has 0 heterocycles. The van der Waals surface area contributed by atoms with Crippen molar-refractivity contribution in [1.29, 1.82) is 0 Å². The number of rotatable bonds is 4. The van der Waals surface area contributed by atoms with E-state index in [1.54, 1.807) is 0 Å². The maximum Gasteiger partial charge on any atom is 0.312 e. The van der Waals surface area contributed by atoms with Gasteiger partial charge < -0.3 is 9.47 Å². The van der Waals surface area contributed by atoms with Crippen LogP contribution in [0.4, 0.5) is 0 Å². The maximum absolute atomic E-state index is 11.8. The van der Waals surface area contributed by atoms with Crippen LogP contribution in [0, 0.1) is 5.41 Å². The highest BCUT2D eigenvalue weighted by molar-refractivity contribution is 5.96. The zero-order valence-corrected chi connectivity index (χ0v) is 10.0. The summed E-state index contributed by atoms with van der Waals surface area (Å²) in [4.78, 5) is 23.4. The van der Waals surface area contributed by atoms with Crippen molar-refractivity contribution in [3.05, 3.63) is 11.8 Å². The van der Waals surface area contributed by atoms with E-state index in [4.69, 9.17) is 9.47 Å². The first-order valence-electron chi connectivity index (χ1n) is 5.44. The number of allylic oxidation sites excluding steroid dienone is 2. The molecule has 16 heavy (non-hydrogen) atoms. The molecule has 0 radical (unpaired) electrons. The second-order valence-electron chi connectivity index (χ2n) is 4.16. The van der Waals surface area contributed by atoms with Gasteiger partial charge in [-0.1, -0.05) is 13.3 Å². The van der Waals surface area contributed by atoms with Crippen LogP contribution in [-0.2, 0) is 19.1 Å². The predicted octanol–water partition coefficient (Wildman–Crippen LogP) is 1.84. The Morgan fingerprint density at radius 3 is 2.62 bits per heavy atom. The van der Waals surface area contributed by atoms with Gasteiger partial charge in [-0.2, -0.15) is 0 Å². The fourth-order valence-corrected chi connectivity index (χ4v) is 2.26. The van der Waals surface area contributed by atoms with Crippen molar-refractivity contribution < 1.29 is 19.1 Å². The van der Waals surface area contributed by atoms with Gasteiger partial charge in [-0.05, 0) is 6.42 Å². The molecule has 1 aliphatic carbocycles. The van der Waals surface area contributed by atoms with Crippen molar-refractivity contribution in [3.8, 4) is 0 Å². The van der Waals surface area contributed by atoms with Crippen LogP contribution < -0.4 is 0 Å². The van der Waals surface area contributed by atoms with Gasteiger partial charge in [0, 0.05) is 18.9 Å². The lowest BCUT2D eigenvalue weighted by Gasteiger charge is -2.32. The van der Waals surface area contributed by atoms with Crippen LogP contribution in [0.3, 0.4) is 0 Å². The molecule has 1 aliphatic rings. The van der Waals surface area contributed by atoms with Gasteiger partial charge in [0.2, 0.25) is 0 Å². The molecule has 4 heteroatoms. The molecule has 0 bridgehead atoms. The number of esters is 1. The van der Waals surface area contributed by atoms with Gasteiger partial charge in [-0.15, -0.1) is 0 Å². The Hall–Kier alpha value is -1.32. The van der Waals surface area contributed by atoms with Crippen molar-refractivity contribution in [2.24, 2.45) is 5.41 Å². The Morgan fingerprint density at radius 2 is 2.12 bits per heavy atom. The Labute approximate surface area is 95.6 Å². The van der Waals surface area contributed by atoms with Crippen molar-refractivity contribution in [3.63, 3.8) is 0 Å². The number of hydrogen-bond donors (Lipinski definition) is 0. The second-order valence-corrected chi connectivity index (χ2v) is 4.16. The van der Waals surface area contributed by atoms with E-state index < -0.39 is 5.41 Å². The smallest absolute Gasteiger partial charge is 0.312 e. The molecule has 0 aromatic rings. The average molecular weight is 226 g/mol. The lowest BCUT2D eigenvalue weighted by atomic mass is 9.72. The summed E-state index contributed by atoms with van der Waals surface area (Å²) in [7, 11) is 2.87. The molecule has 0 spiro atoms. The van der Waals surface area contributed by atoms with E-state index in [1.807, 2.05) is 6.92 Å². The van der Waals surface area contributed by atoms with Gasteiger partial charge in [0.1, 0.15) is 5.76 Å². The number of ketones is 1. The van der Waals surface area contributed by atoms with E-state index in [0.717, 1.165) is 6.42 Å². The summed E-state index contributed by atoms with van der Waals surface area (Å²) in [5, 5.41) is 0. The summed E-state index contributed by atoms with van der Waals surface area (Å²) >= 11 is 0. The first-order valence-corrected chi connectivity index (χ1v) is 5.44. The van der Waals surface area contributed by atoms with Gasteiger partial charge in [0.05, 0.1) is 19.6 Å². The van der Waals surface area contributed by atoms with Crippen LogP contribution in [0.25, 0.3) is 0 Å². The highest BCUT2D eigenvalue weighted by atomic mass is 16.5. The van der Waals surface area contributed by atoms with Crippen LogP contribution in [0.1, 0.15) is 32.6 Å². The summed E-state index contributed by atoms with van der Waals surface area (Å²) in [6, 6.07) is 0. The maximum atomic E-state index is 11.8. The van der Waals surface area contributed by atoms with Crippen LogP contribution >= 0.6 is 0 Å². The first kappa shape index (κ1) is 12.7. The predicted molar refractivity (Wildman–Crippen MR) is 58.7 cm³/mol. The second kappa shape index (κ2) is 5.14. The number of carbonyl (C=O) groups is 2. The molecule has 1 atom stereocenters. The largest absolute Gasteiger partial charge is 0.501 e. The summed E-state index contributed by atoms with van der Waals surface area (Å²) in [6.07, 6.45) is 3.62. The zero-order chi connectivity index (χ0) is 12.2. The molecule has 1 rings (SSSR count). The van der Waals surface area contributed by atoms with Crippen molar-refractivity contribution in [2.75, 3.05) is 14.2 Å². The van der Waals surface area contributed by atoms with E-state index in [-0.39, 0.29) is 18.2 Å². The van der Waals surface area contributed by atoms with Crippen molar-refractivity contribution in [1.82, 2.24) is 0 Å². The third-order valence-electron chi connectivity index (χ3n) is 2.96. The number of ether oxygens (including phenoxy) is 2. The summed E-state index contributed by atoms with van der Waals surface area (Å²) in [5.41, 5.74) is -0.722. The minimum absolute atomic E-state index is 0.0676. The van der Waals surface area contributed by atoms with Crippen molar-refractivity contribution in [2.45, 2.75) is 32.6 Å². The Kier molecular flexibility index (Phi) is 4.10. The zero-order valence-electron chi connectivity index (χ0n) is 10.0. The highest BCUT2D eigenvalue weighted by Gasteiger charge is 2.43. The van der Waals surface area contributed by atoms with Gasteiger partial charge in [-0.25, -0.2) is 0 Å². The lowest BCUT2D eigenvalue weighted by Crippen LogP contribution is -2.37.